The minimum atomic E-state index is -0.886. The molecule has 2 rings (SSSR count). The van der Waals surface area contributed by atoms with Crippen LogP contribution in [0.1, 0.15) is 26.3 Å². The highest BCUT2D eigenvalue weighted by Gasteiger charge is 2.25. The average molecular weight is 393 g/mol. The van der Waals surface area contributed by atoms with Crippen molar-refractivity contribution in [2.24, 2.45) is 4.99 Å². The van der Waals surface area contributed by atoms with Gasteiger partial charge in [0.05, 0.1) is 31.9 Å². The summed E-state index contributed by atoms with van der Waals surface area (Å²) < 4.78 is 11.4. The smallest absolute Gasteiger partial charge is 0.191 e. The van der Waals surface area contributed by atoms with Gasteiger partial charge in [-0.05, 0) is 39.3 Å². The van der Waals surface area contributed by atoms with Crippen LogP contribution >= 0.6 is 0 Å². The number of guanidine groups is 1. The van der Waals surface area contributed by atoms with Crippen molar-refractivity contribution >= 4 is 5.96 Å². The number of nitrogens with one attached hydrogen (secondary N) is 2. The molecular formula is C21H36N4O3. The predicted molar refractivity (Wildman–Crippen MR) is 113 cm³/mol. The Bertz CT molecular complexity index is 615. The normalized spacial score (nSPS) is 19.0. The van der Waals surface area contributed by atoms with Crippen LogP contribution in [0.15, 0.2) is 29.3 Å². The van der Waals surface area contributed by atoms with Crippen LogP contribution in [0.2, 0.25) is 0 Å². The molecule has 1 aliphatic rings. The third-order valence-corrected chi connectivity index (χ3v) is 4.57. The molecule has 1 heterocycles. The summed E-state index contributed by atoms with van der Waals surface area (Å²) in [6.45, 7) is 13.4. The van der Waals surface area contributed by atoms with E-state index < -0.39 is 5.60 Å². The molecule has 0 aliphatic carbocycles. The van der Waals surface area contributed by atoms with Crippen molar-refractivity contribution in [3.8, 4) is 5.75 Å². The van der Waals surface area contributed by atoms with Gasteiger partial charge in [0.2, 0.25) is 0 Å². The van der Waals surface area contributed by atoms with E-state index >= 15 is 0 Å². The monoisotopic (exact) mass is 392 g/mol. The molecule has 1 aliphatic heterocycles. The average Bonchev–Trinajstić information content (AvgIpc) is 2.66. The number of aryl methyl sites for hydroxylation is 1. The van der Waals surface area contributed by atoms with E-state index in [0.717, 1.165) is 44.2 Å². The van der Waals surface area contributed by atoms with Gasteiger partial charge in [-0.3, -0.25) is 9.89 Å². The van der Waals surface area contributed by atoms with E-state index in [2.05, 4.69) is 20.5 Å². The van der Waals surface area contributed by atoms with Crippen molar-refractivity contribution in [1.82, 2.24) is 15.5 Å². The van der Waals surface area contributed by atoms with E-state index in [0.29, 0.717) is 25.6 Å². The maximum atomic E-state index is 10.7. The van der Waals surface area contributed by atoms with Gasteiger partial charge in [-0.15, -0.1) is 0 Å². The number of para-hydroxylation sites is 1. The largest absolute Gasteiger partial charge is 0.489 e. The molecule has 2 unspecified atom stereocenters. The van der Waals surface area contributed by atoms with Crippen molar-refractivity contribution in [3.63, 3.8) is 0 Å². The van der Waals surface area contributed by atoms with Crippen molar-refractivity contribution in [2.75, 3.05) is 52.5 Å². The van der Waals surface area contributed by atoms with Crippen LogP contribution in [0.25, 0.3) is 0 Å². The van der Waals surface area contributed by atoms with Crippen LogP contribution in [-0.4, -0.2) is 80.2 Å². The second-order valence-corrected chi connectivity index (χ2v) is 7.66. The van der Waals surface area contributed by atoms with E-state index in [9.17, 15) is 5.11 Å². The Morgan fingerprint density at radius 2 is 2.04 bits per heavy atom. The molecule has 7 heteroatoms. The Balaban J connectivity index is 1.84. The Hall–Kier alpha value is -1.83. The van der Waals surface area contributed by atoms with Crippen LogP contribution in [0.3, 0.4) is 0 Å². The number of hydrogen-bond acceptors (Lipinski definition) is 5. The molecular weight excluding hydrogens is 356 g/mol. The number of hydrogen-bond donors (Lipinski definition) is 3. The predicted octanol–water partition coefficient (Wildman–Crippen LogP) is 1.40. The van der Waals surface area contributed by atoms with Gasteiger partial charge < -0.3 is 25.2 Å². The van der Waals surface area contributed by atoms with Crippen molar-refractivity contribution in [3.05, 3.63) is 29.8 Å². The van der Waals surface area contributed by atoms with Crippen LogP contribution in [0.5, 0.6) is 5.75 Å². The van der Waals surface area contributed by atoms with E-state index in [1.807, 2.05) is 52.0 Å². The molecule has 0 aromatic heterocycles. The third kappa shape index (κ3) is 8.04. The molecule has 1 fully saturated rings. The maximum Gasteiger partial charge on any atom is 0.191 e. The minimum Gasteiger partial charge on any atom is -0.489 e. The number of aliphatic hydroxyl groups is 1. The number of ether oxygens (including phenoxy) is 2. The summed E-state index contributed by atoms with van der Waals surface area (Å²) in [6, 6.07) is 8.00. The van der Waals surface area contributed by atoms with Crippen molar-refractivity contribution < 1.29 is 14.6 Å². The second-order valence-electron chi connectivity index (χ2n) is 7.66. The molecule has 7 nitrogen and oxygen atoms in total. The first-order valence-electron chi connectivity index (χ1n) is 10.2. The van der Waals surface area contributed by atoms with E-state index in [1.54, 1.807) is 0 Å². The highest BCUT2D eigenvalue weighted by atomic mass is 16.5. The lowest BCUT2D eigenvalue weighted by Crippen LogP contribution is -2.48. The molecule has 3 N–H and O–H groups in total. The lowest BCUT2D eigenvalue weighted by molar-refractivity contribution is -0.0180. The number of morpholine rings is 1. The Kier molecular flexibility index (Phi) is 9.02. The van der Waals surface area contributed by atoms with Crippen LogP contribution in [0.4, 0.5) is 0 Å². The molecule has 2 atom stereocenters. The SMILES string of the molecule is CCNC(=NCC(C)(O)CN1CCOCC1)NCC(C)Oc1ccccc1C. The molecule has 1 saturated heterocycles. The van der Waals surface area contributed by atoms with E-state index in [4.69, 9.17) is 9.47 Å². The van der Waals surface area contributed by atoms with Gasteiger partial charge in [0.25, 0.3) is 0 Å². The summed E-state index contributed by atoms with van der Waals surface area (Å²) in [5, 5.41) is 17.3. The fourth-order valence-corrected chi connectivity index (χ4v) is 3.07. The number of aliphatic imine (C=N–C) groups is 1. The zero-order chi connectivity index (χ0) is 20.4. The topological polar surface area (TPSA) is 78.4 Å². The van der Waals surface area contributed by atoms with Gasteiger partial charge in [-0.2, -0.15) is 0 Å². The van der Waals surface area contributed by atoms with E-state index in [-0.39, 0.29) is 6.10 Å². The quantitative estimate of drug-likeness (QED) is 0.436. The molecule has 1 aromatic carbocycles. The molecule has 0 bridgehead atoms. The first kappa shape index (κ1) is 22.5. The third-order valence-electron chi connectivity index (χ3n) is 4.57. The fourth-order valence-electron chi connectivity index (χ4n) is 3.07. The van der Waals surface area contributed by atoms with Crippen LogP contribution < -0.4 is 15.4 Å². The molecule has 0 amide bonds. The van der Waals surface area contributed by atoms with Gasteiger partial charge in [0.1, 0.15) is 11.9 Å². The number of rotatable bonds is 9. The summed E-state index contributed by atoms with van der Waals surface area (Å²) in [5.41, 5.74) is 0.234. The summed E-state index contributed by atoms with van der Waals surface area (Å²) in [7, 11) is 0. The lowest BCUT2D eigenvalue weighted by atomic mass is 10.1. The zero-order valence-corrected chi connectivity index (χ0v) is 17.7. The number of benzene rings is 1. The highest BCUT2D eigenvalue weighted by molar-refractivity contribution is 5.79. The fraction of sp³-hybridized carbons (Fsp3) is 0.667. The van der Waals surface area contributed by atoms with Crippen LogP contribution in [0, 0.1) is 6.92 Å². The zero-order valence-electron chi connectivity index (χ0n) is 17.7. The van der Waals surface area contributed by atoms with Crippen molar-refractivity contribution in [1.29, 1.82) is 0 Å². The second kappa shape index (κ2) is 11.2. The summed E-state index contributed by atoms with van der Waals surface area (Å²) >= 11 is 0. The van der Waals surface area contributed by atoms with Gasteiger partial charge in [-0.25, -0.2) is 0 Å². The van der Waals surface area contributed by atoms with E-state index in [1.165, 1.54) is 0 Å². The van der Waals surface area contributed by atoms with Gasteiger partial charge in [-0.1, -0.05) is 18.2 Å². The Morgan fingerprint density at radius 3 is 2.71 bits per heavy atom. The molecule has 0 saturated carbocycles. The minimum absolute atomic E-state index is 0.0150. The highest BCUT2D eigenvalue weighted by Crippen LogP contribution is 2.17. The first-order valence-corrected chi connectivity index (χ1v) is 10.2. The van der Waals surface area contributed by atoms with Gasteiger partial charge in [0, 0.05) is 26.2 Å². The molecule has 158 valence electrons. The summed E-state index contributed by atoms with van der Waals surface area (Å²) in [5.74, 6) is 1.58. The molecule has 0 spiro atoms. The maximum absolute atomic E-state index is 10.7. The van der Waals surface area contributed by atoms with Crippen LogP contribution in [-0.2, 0) is 4.74 Å². The summed E-state index contributed by atoms with van der Waals surface area (Å²) in [4.78, 5) is 6.80. The Morgan fingerprint density at radius 1 is 1.32 bits per heavy atom. The number of β-amino-alcohol motifs (C(OH)–C–C–N with tert-alkyl or cyclic N) is 1. The summed E-state index contributed by atoms with van der Waals surface area (Å²) in [6.07, 6.45) is -0.0150. The standard InChI is InChI=1S/C21H36N4O3/c1-5-22-20(23-14-18(3)28-19-9-7-6-8-17(19)2)24-15-21(4,26)16-25-10-12-27-13-11-25/h6-9,18,26H,5,10-16H2,1-4H3,(H2,22,23,24). The number of nitrogens with zero attached hydrogens (tertiary/aromatic N) is 2. The molecule has 28 heavy (non-hydrogen) atoms. The van der Waals surface area contributed by atoms with Crippen molar-refractivity contribution in [2.45, 2.75) is 39.4 Å². The van der Waals surface area contributed by atoms with Gasteiger partial charge >= 0.3 is 0 Å². The molecule has 0 radical (unpaired) electrons. The molecule has 1 aromatic rings. The Labute approximate surface area is 169 Å². The van der Waals surface area contributed by atoms with Gasteiger partial charge in [0.15, 0.2) is 5.96 Å². The first-order chi connectivity index (χ1) is 13.4. The lowest BCUT2D eigenvalue weighted by Gasteiger charge is -2.33.